The number of nitrogens with zero attached hydrogens (tertiary/aromatic N) is 6. The molecule has 0 aliphatic heterocycles. The molecule has 0 saturated heterocycles. The normalized spacial score (nSPS) is 11.3. The summed E-state index contributed by atoms with van der Waals surface area (Å²) in [5.41, 5.74) is 9.55. The number of carbonyl (C=O) groups excluding carboxylic acids is 1. The first kappa shape index (κ1) is 23.1. The molecule has 0 aliphatic rings. The van der Waals surface area contributed by atoms with Gasteiger partial charge >= 0.3 is 12.1 Å². The molecule has 0 spiro atoms. The van der Waals surface area contributed by atoms with E-state index in [0.29, 0.717) is 21.7 Å². The van der Waals surface area contributed by atoms with Crippen molar-refractivity contribution >= 4 is 29.0 Å². The molecule has 0 fully saturated rings. The average Bonchev–Trinajstić information content (AvgIpc) is 3.17. The molecule has 0 unspecified atom stereocenters. The van der Waals surface area contributed by atoms with Crippen LogP contribution in [0.2, 0.25) is 5.02 Å². The number of carbonyl (C=O) groups is 1. The Morgan fingerprint density at radius 3 is 2.50 bits per heavy atom. The van der Waals surface area contributed by atoms with Crippen LogP contribution in [0.4, 0.5) is 19.0 Å². The van der Waals surface area contributed by atoms with Crippen LogP contribution in [-0.2, 0) is 10.9 Å². The standard InChI is InChI=1S/C22H14ClF3N6O2/c1-2-34-21(33)17-19(29-31-27)30-32-18(12-7-9-13(10-8-12)22(24,25)26)15(11-28-20(17)32)14-5-3-4-6-16(14)23/h3-11H,2H2,1H3. The molecule has 0 radical (unpaired) electrons. The first-order valence-electron chi connectivity index (χ1n) is 9.82. The average molecular weight is 487 g/mol. The van der Waals surface area contributed by atoms with Crippen molar-refractivity contribution in [2.75, 3.05) is 6.61 Å². The monoisotopic (exact) mass is 486 g/mol. The van der Waals surface area contributed by atoms with E-state index >= 15 is 0 Å². The van der Waals surface area contributed by atoms with Crippen molar-refractivity contribution in [3.63, 3.8) is 0 Å². The topological polar surface area (TPSA) is 105 Å². The summed E-state index contributed by atoms with van der Waals surface area (Å²) in [6.45, 7) is 1.66. The molecule has 0 atom stereocenters. The second-order valence-corrected chi connectivity index (χ2v) is 7.33. The Morgan fingerprint density at radius 2 is 1.88 bits per heavy atom. The van der Waals surface area contributed by atoms with Crippen molar-refractivity contribution in [1.82, 2.24) is 14.6 Å². The number of rotatable bonds is 5. The molecule has 12 heteroatoms. The van der Waals surface area contributed by atoms with Gasteiger partial charge in [0.1, 0.15) is 5.56 Å². The molecule has 172 valence electrons. The van der Waals surface area contributed by atoms with Crippen molar-refractivity contribution < 1.29 is 22.7 Å². The molecule has 4 rings (SSSR count). The van der Waals surface area contributed by atoms with E-state index in [0.717, 1.165) is 12.1 Å². The second-order valence-electron chi connectivity index (χ2n) is 6.92. The van der Waals surface area contributed by atoms with Crippen LogP contribution in [-0.4, -0.2) is 27.2 Å². The zero-order valence-corrected chi connectivity index (χ0v) is 18.2. The molecule has 8 nitrogen and oxygen atoms in total. The van der Waals surface area contributed by atoms with Crippen molar-refractivity contribution in [3.8, 4) is 22.4 Å². The Balaban J connectivity index is 2.08. The van der Waals surface area contributed by atoms with Crippen LogP contribution in [0, 0.1) is 0 Å². The quantitative estimate of drug-likeness (QED) is 0.133. The largest absolute Gasteiger partial charge is 0.462 e. The van der Waals surface area contributed by atoms with Gasteiger partial charge in [-0.3, -0.25) is 0 Å². The lowest BCUT2D eigenvalue weighted by Gasteiger charge is -2.14. The third-order valence-electron chi connectivity index (χ3n) is 4.89. The third-order valence-corrected chi connectivity index (χ3v) is 5.22. The van der Waals surface area contributed by atoms with E-state index in [1.807, 2.05) is 0 Å². The minimum Gasteiger partial charge on any atom is -0.462 e. The zero-order chi connectivity index (χ0) is 24.5. The molecule has 2 aromatic carbocycles. The maximum Gasteiger partial charge on any atom is 0.416 e. The highest BCUT2D eigenvalue weighted by Gasteiger charge is 2.31. The number of alkyl halides is 3. The van der Waals surface area contributed by atoms with Crippen LogP contribution in [0.1, 0.15) is 22.8 Å². The fraction of sp³-hybridized carbons (Fsp3) is 0.136. The Bertz CT molecular complexity index is 1440. The SMILES string of the molecule is CCOC(=O)c1c(N=[N+]=[N-])nn2c(-c3ccc(C(F)(F)F)cc3)c(-c3ccccc3Cl)cnc12. The van der Waals surface area contributed by atoms with E-state index in [2.05, 4.69) is 20.1 Å². The van der Waals surface area contributed by atoms with Crippen LogP contribution in [0.25, 0.3) is 38.5 Å². The summed E-state index contributed by atoms with van der Waals surface area (Å²) in [5.74, 6) is -1.09. The van der Waals surface area contributed by atoms with E-state index in [-0.39, 0.29) is 29.3 Å². The highest BCUT2D eigenvalue weighted by molar-refractivity contribution is 6.33. The van der Waals surface area contributed by atoms with Crippen LogP contribution >= 0.6 is 11.6 Å². The first-order chi connectivity index (χ1) is 16.3. The number of azide groups is 1. The summed E-state index contributed by atoms with van der Waals surface area (Å²) in [5, 5.41) is 8.08. The molecular weight excluding hydrogens is 473 g/mol. The molecule has 0 aliphatic carbocycles. The van der Waals surface area contributed by atoms with Gasteiger partial charge in [0.25, 0.3) is 0 Å². The van der Waals surface area contributed by atoms with Gasteiger partial charge < -0.3 is 4.74 Å². The molecule has 0 bridgehead atoms. The molecule has 2 aromatic heterocycles. The van der Waals surface area contributed by atoms with Crippen molar-refractivity contribution in [3.05, 3.63) is 81.3 Å². The summed E-state index contributed by atoms with van der Waals surface area (Å²) < 4.78 is 45.7. The lowest BCUT2D eigenvalue weighted by Crippen LogP contribution is -2.07. The highest BCUT2D eigenvalue weighted by Crippen LogP contribution is 2.39. The van der Waals surface area contributed by atoms with Crippen molar-refractivity contribution in [2.45, 2.75) is 13.1 Å². The minimum atomic E-state index is -4.52. The molecule has 4 aromatic rings. The second kappa shape index (κ2) is 9.05. The Hall–Kier alpha value is -4.08. The van der Waals surface area contributed by atoms with Crippen molar-refractivity contribution in [2.24, 2.45) is 5.11 Å². The fourth-order valence-corrected chi connectivity index (χ4v) is 3.68. The molecule has 34 heavy (non-hydrogen) atoms. The molecule has 0 saturated carbocycles. The van der Waals surface area contributed by atoms with Crippen LogP contribution in [0.3, 0.4) is 0 Å². The number of benzene rings is 2. The summed E-state index contributed by atoms with van der Waals surface area (Å²) in [6, 6.07) is 11.2. The number of aromatic nitrogens is 3. The van der Waals surface area contributed by atoms with E-state index in [9.17, 15) is 18.0 Å². The maximum atomic E-state index is 13.1. The third kappa shape index (κ3) is 4.14. The van der Waals surface area contributed by atoms with E-state index in [4.69, 9.17) is 21.9 Å². The van der Waals surface area contributed by atoms with Crippen LogP contribution < -0.4 is 0 Å². The van der Waals surface area contributed by atoms with Gasteiger partial charge in [-0.1, -0.05) is 41.9 Å². The highest BCUT2D eigenvalue weighted by atomic mass is 35.5. The van der Waals surface area contributed by atoms with Gasteiger partial charge in [-0.05, 0) is 35.8 Å². The molecular formula is C22H14ClF3N6O2. The van der Waals surface area contributed by atoms with Gasteiger partial charge in [0.15, 0.2) is 11.5 Å². The molecule has 0 amide bonds. The molecule has 2 heterocycles. The number of hydrogen-bond donors (Lipinski definition) is 0. The summed E-state index contributed by atoms with van der Waals surface area (Å²) in [7, 11) is 0. The Kier molecular flexibility index (Phi) is 6.14. The number of esters is 1. The number of ether oxygens (including phenoxy) is 1. The van der Waals surface area contributed by atoms with Gasteiger partial charge in [-0.25, -0.2) is 14.3 Å². The summed E-state index contributed by atoms with van der Waals surface area (Å²) in [6.07, 6.45) is -3.09. The van der Waals surface area contributed by atoms with Crippen LogP contribution in [0.5, 0.6) is 0 Å². The number of hydrogen-bond acceptors (Lipinski definition) is 5. The number of fused-ring (bicyclic) bond motifs is 1. The first-order valence-corrected chi connectivity index (χ1v) is 10.2. The zero-order valence-electron chi connectivity index (χ0n) is 17.4. The minimum absolute atomic E-state index is 0.00607. The summed E-state index contributed by atoms with van der Waals surface area (Å²) in [4.78, 5) is 19.6. The van der Waals surface area contributed by atoms with Gasteiger partial charge in [0.05, 0.1) is 17.9 Å². The number of halogens is 4. The van der Waals surface area contributed by atoms with E-state index in [1.165, 1.54) is 22.8 Å². The predicted molar refractivity (Wildman–Crippen MR) is 119 cm³/mol. The fourth-order valence-electron chi connectivity index (χ4n) is 3.44. The van der Waals surface area contributed by atoms with Crippen molar-refractivity contribution in [1.29, 1.82) is 0 Å². The Labute approximate surface area is 195 Å². The molecule has 0 N–H and O–H groups in total. The van der Waals surface area contributed by atoms with Gasteiger partial charge in [0.2, 0.25) is 0 Å². The van der Waals surface area contributed by atoms with E-state index < -0.39 is 17.7 Å². The van der Waals surface area contributed by atoms with Gasteiger partial charge in [0, 0.05) is 32.8 Å². The smallest absolute Gasteiger partial charge is 0.416 e. The Morgan fingerprint density at radius 1 is 1.18 bits per heavy atom. The summed E-state index contributed by atoms with van der Waals surface area (Å²) >= 11 is 6.39. The predicted octanol–water partition coefficient (Wildman–Crippen LogP) is 6.85. The lowest BCUT2D eigenvalue weighted by atomic mass is 9.99. The van der Waals surface area contributed by atoms with Gasteiger partial charge in [-0.15, -0.1) is 0 Å². The lowest BCUT2D eigenvalue weighted by molar-refractivity contribution is -0.137. The maximum absolute atomic E-state index is 13.1. The van der Waals surface area contributed by atoms with E-state index in [1.54, 1.807) is 31.2 Å². The van der Waals surface area contributed by atoms with Crippen LogP contribution in [0.15, 0.2) is 59.8 Å². The van der Waals surface area contributed by atoms with Gasteiger partial charge in [-0.2, -0.15) is 18.3 Å².